The zero-order chi connectivity index (χ0) is 23.8. The number of alkyl halides is 3. The minimum Gasteiger partial charge on any atom is -0.380 e. The van der Waals surface area contributed by atoms with Crippen LogP contribution in [0.1, 0.15) is 21.5 Å². The molecule has 0 saturated carbocycles. The molecule has 33 heavy (non-hydrogen) atoms. The second-order valence-electron chi connectivity index (χ2n) is 7.71. The van der Waals surface area contributed by atoms with Crippen LogP contribution in [0.2, 0.25) is 0 Å². The van der Waals surface area contributed by atoms with Crippen molar-refractivity contribution in [3.05, 3.63) is 83.6 Å². The molecule has 0 aliphatic rings. The molecule has 0 aliphatic carbocycles. The molecule has 0 aliphatic heterocycles. The Bertz CT molecular complexity index is 1090. The molecular formula is C24H26F3N5O. The molecule has 6 nitrogen and oxygen atoms in total. The van der Waals surface area contributed by atoms with E-state index in [1.807, 2.05) is 26.2 Å². The predicted molar refractivity (Wildman–Crippen MR) is 124 cm³/mol. The van der Waals surface area contributed by atoms with Crippen molar-refractivity contribution in [2.75, 3.05) is 43.1 Å². The molecule has 1 amide bonds. The lowest BCUT2D eigenvalue weighted by atomic mass is 10.1. The summed E-state index contributed by atoms with van der Waals surface area (Å²) in [5.41, 5.74) is 1.12. The average Bonchev–Trinajstić information content (AvgIpc) is 2.77. The first-order valence-corrected chi connectivity index (χ1v) is 10.4. The summed E-state index contributed by atoms with van der Waals surface area (Å²) in [7, 11) is 3.99. The molecule has 0 radical (unpaired) electrons. The van der Waals surface area contributed by atoms with Gasteiger partial charge >= 0.3 is 6.18 Å². The Hall–Kier alpha value is -3.59. The molecule has 9 heteroatoms. The first-order chi connectivity index (χ1) is 15.7. The third-order valence-electron chi connectivity index (χ3n) is 4.79. The third-order valence-corrected chi connectivity index (χ3v) is 4.79. The first-order valence-electron chi connectivity index (χ1n) is 10.4. The summed E-state index contributed by atoms with van der Waals surface area (Å²) in [6.07, 6.45) is -2.77. The highest BCUT2D eigenvalue weighted by atomic mass is 19.4. The molecule has 3 aromatic rings. The van der Waals surface area contributed by atoms with E-state index in [1.165, 1.54) is 12.1 Å². The van der Waals surface area contributed by atoms with E-state index in [9.17, 15) is 18.0 Å². The Balaban J connectivity index is 1.67. The Morgan fingerprint density at radius 3 is 2.55 bits per heavy atom. The van der Waals surface area contributed by atoms with Crippen LogP contribution >= 0.6 is 0 Å². The molecule has 2 aromatic carbocycles. The second-order valence-corrected chi connectivity index (χ2v) is 7.71. The van der Waals surface area contributed by atoms with Crippen LogP contribution in [0.15, 0.2) is 66.9 Å². The van der Waals surface area contributed by atoms with Crippen molar-refractivity contribution >= 4 is 23.1 Å². The maximum Gasteiger partial charge on any atom is 0.416 e. The van der Waals surface area contributed by atoms with Crippen LogP contribution in [0.25, 0.3) is 0 Å². The number of aromatic nitrogens is 1. The molecule has 0 atom stereocenters. The van der Waals surface area contributed by atoms with E-state index >= 15 is 0 Å². The van der Waals surface area contributed by atoms with Gasteiger partial charge in [0, 0.05) is 37.2 Å². The number of likely N-dealkylation sites (N-methyl/N-ethyl adjacent to an activating group) is 1. The van der Waals surface area contributed by atoms with Crippen molar-refractivity contribution in [2.24, 2.45) is 0 Å². The SMILES string of the molecule is CN(C)CCNc1cc(CNc2ccccc2C(=O)Nc2cccc(C(F)(F)F)c2)ccn1. The molecule has 174 valence electrons. The van der Waals surface area contributed by atoms with Gasteiger partial charge in [0.2, 0.25) is 0 Å². The van der Waals surface area contributed by atoms with E-state index in [2.05, 4.69) is 25.8 Å². The van der Waals surface area contributed by atoms with Crippen molar-refractivity contribution in [3.8, 4) is 0 Å². The molecule has 3 rings (SSSR count). The Morgan fingerprint density at radius 2 is 1.79 bits per heavy atom. The van der Waals surface area contributed by atoms with E-state index in [1.54, 1.807) is 30.5 Å². The fraction of sp³-hybridized carbons (Fsp3) is 0.250. The Labute approximate surface area is 190 Å². The monoisotopic (exact) mass is 457 g/mol. The van der Waals surface area contributed by atoms with Gasteiger partial charge in [-0.15, -0.1) is 0 Å². The summed E-state index contributed by atoms with van der Waals surface area (Å²) in [5.74, 6) is 0.255. The molecule has 0 saturated heterocycles. The number of para-hydroxylation sites is 1. The molecule has 0 fully saturated rings. The van der Waals surface area contributed by atoms with E-state index in [4.69, 9.17) is 0 Å². The number of anilines is 3. The molecule has 3 N–H and O–H groups in total. The summed E-state index contributed by atoms with van der Waals surface area (Å²) in [6, 6.07) is 15.2. The van der Waals surface area contributed by atoms with Gasteiger partial charge in [-0.05, 0) is 62.1 Å². The average molecular weight is 458 g/mol. The smallest absolute Gasteiger partial charge is 0.380 e. The van der Waals surface area contributed by atoms with Gasteiger partial charge in [-0.2, -0.15) is 13.2 Å². The number of hydrogen-bond acceptors (Lipinski definition) is 5. The molecular weight excluding hydrogens is 431 g/mol. The van der Waals surface area contributed by atoms with E-state index in [-0.39, 0.29) is 5.69 Å². The zero-order valence-corrected chi connectivity index (χ0v) is 18.4. The predicted octanol–water partition coefficient (Wildman–Crippen LogP) is 4.94. The quantitative estimate of drug-likeness (QED) is 0.425. The number of hydrogen-bond donors (Lipinski definition) is 3. The van der Waals surface area contributed by atoms with Crippen molar-refractivity contribution in [1.82, 2.24) is 9.88 Å². The number of nitrogens with zero attached hydrogens (tertiary/aromatic N) is 2. The summed E-state index contributed by atoms with van der Waals surface area (Å²) >= 11 is 0. The van der Waals surface area contributed by atoms with Crippen LogP contribution in [-0.2, 0) is 12.7 Å². The largest absolute Gasteiger partial charge is 0.416 e. The molecule has 1 heterocycles. The first kappa shape index (κ1) is 24.1. The van der Waals surface area contributed by atoms with Gasteiger partial charge in [0.1, 0.15) is 5.82 Å². The summed E-state index contributed by atoms with van der Waals surface area (Å²) < 4.78 is 38.9. The highest BCUT2D eigenvalue weighted by Gasteiger charge is 2.30. The number of amides is 1. The number of rotatable bonds is 9. The number of benzene rings is 2. The zero-order valence-electron chi connectivity index (χ0n) is 18.4. The summed E-state index contributed by atoms with van der Waals surface area (Å²) in [6.45, 7) is 2.08. The number of nitrogens with one attached hydrogen (secondary N) is 3. The third kappa shape index (κ3) is 7.21. The van der Waals surface area contributed by atoms with E-state index in [0.29, 0.717) is 17.8 Å². The standard InChI is InChI=1S/C24H26F3N5O/c1-32(2)13-12-29-22-14-17(10-11-28-22)16-30-21-9-4-3-8-20(21)23(33)31-19-7-5-6-18(15-19)24(25,26)27/h3-11,14-15,30H,12-13,16H2,1-2H3,(H,28,29)(H,31,33). The minimum atomic E-state index is -4.48. The summed E-state index contributed by atoms with van der Waals surface area (Å²) in [4.78, 5) is 19.2. The van der Waals surface area contributed by atoms with Crippen LogP contribution in [0.4, 0.5) is 30.4 Å². The number of carbonyl (C=O) groups excluding carboxylic acids is 1. The Kier molecular flexibility index (Phi) is 7.89. The van der Waals surface area contributed by atoms with Crippen LogP contribution < -0.4 is 16.0 Å². The summed E-state index contributed by atoms with van der Waals surface area (Å²) in [5, 5.41) is 9.04. The number of carbonyl (C=O) groups is 1. The van der Waals surface area contributed by atoms with Crippen LogP contribution in [0, 0.1) is 0 Å². The van der Waals surface area contributed by atoms with Gasteiger partial charge in [-0.25, -0.2) is 4.98 Å². The van der Waals surface area contributed by atoms with Gasteiger partial charge in [-0.3, -0.25) is 4.79 Å². The maximum absolute atomic E-state index is 13.0. The number of pyridine rings is 1. The molecule has 0 unspecified atom stereocenters. The highest BCUT2D eigenvalue weighted by molar-refractivity contribution is 6.08. The minimum absolute atomic E-state index is 0.0761. The normalized spacial score (nSPS) is 11.3. The fourth-order valence-electron chi connectivity index (χ4n) is 3.09. The van der Waals surface area contributed by atoms with Crippen molar-refractivity contribution < 1.29 is 18.0 Å². The lowest BCUT2D eigenvalue weighted by Crippen LogP contribution is -2.21. The Morgan fingerprint density at radius 1 is 1.00 bits per heavy atom. The van der Waals surface area contributed by atoms with Gasteiger partial charge in [0.05, 0.1) is 11.1 Å². The van der Waals surface area contributed by atoms with E-state index in [0.717, 1.165) is 36.6 Å². The molecule has 0 spiro atoms. The van der Waals surface area contributed by atoms with Crippen molar-refractivity contribution in [1.29, 1.82) is 0 Å². The maximum atomic E-state index is 13.0. The van der Waals surface area contributed by atoms with Crippen LogP contribution in [0.3, 0.4) is 0 Å². The second kappa shape index (κ2) is 10.8. The van der Waals surface area contributed by atoms with Gasteiger partial charge in [-0.1, -0.05) is 18.2 Å². The van der Waals surface area contributed by atoms with E-state index < -0.39 is 17.6 Å². The van der Waals surface area contributed by atoms with Gasteiger partial charge in [0.15, 0.2) is 0 Å². The van der Waals surface area contributed by atoms with Gasteiger partial charge < -0.3 is 20.9 Å². The molecule has 1 aromatic heterocycles. The molecule has 0 bridgehead atoms. The lowest BCUT2D eigenvalue weighted by molar-refractivity contribution is -0.137. The number of halogens is 3. The van der Waals surface area contributed by atoms with Crippen LogP contribution in [-0.4, -0.2) is 43.0 Å². The van der Waals surface area contributed by atoms with Crippen molar-refractivity contribution in [2.45, 2.75) is 12.7 Å². The van der Waals surface area contributed by atoms with Crippen molar-refractivity contribution in [3.63, 3.8) is 0 Å². The van der Waals surface area contributed by atoms with Crippen LogP contribution in [0.5, 0.6) is 0 Å². The topological polar surface area (TPSA) is 69.3 Å². The fourth-order valence-corrected chi connectivity index (χ4v) is 3.09. The highest BCUT2D eigenvalue weighted by Crippen LogP contribution is 2.31. The van der Waals surface area contributed by atoms with Gasteiger partial charge in [0.25, 0.3) is 5.91 Å². The lowest BCUT2D eigenvalue weighted by Gasteiger charge is -2.14.